The molecule has 0 aliphatic carbocycles. The fourth-order valence-corrected chi connectivity index (χ4v) is 0.289. The van der Waals surface area contributed by atoms with Gasteiger partial charge in [-0.05, 0) is 0 Å². The first kappa shape index (κ1) is 9.00. The number of carbonyl (C=O) groups excluding carboxylic acids is 1. The molecule has 0 radical (unpaired) electrons. The third kappa shape index (κ3) is 5.14. The molecule has 0 N–H and O–H groups in total. The van der Waals surface area contributed by atoms with Crippen LogP contribution >= 0.6 is 0 Å². The molecule has 0 saturated heterocycles. The summed E-state index contributed by atoms with van der Waals surface area (Å²) in [6.07, 6.45) is -4.27. The van der Waals surface area contributed by atoms with E-state index in [2.05, 4.69) is 11.3 Å². The van der Waals surface area contributed by atoms with Crippen molar-refractivity contribution in [2.45, 2.75) is 12.8 Å². The van der Waals surface area contributed by atoms with Gasteiger partial charge in [0.25, 0.3) is 0 Å². The van der Waals surface area contributed by atoms with Gasteiger partial charge in [-0.15, -0.1) is 19.8 Å². The minimum Gasteiger partial charge on any atom is -0.373 e. The molecule has 0 aromatic heterocycles. The summed E-state index contributed by atoms with van der Waals surface area (Å²) >= 11 is 0. The lowest BCUT2D eigenvalue weighted by atomic mass is 10.4. The predicted molar refractivity (Wildman–Crippen MR) is 27.0 cm³/mol. The van der Waals surface area contributed by atoms with Crippen molar-refractivity contribution in [2.24, 2.45) is 0 Å². The summed E-state index contributed by atoms with van der Waals surface area (Å²) < 4.78 is 36.4. The summed E-state index contributed by atoms with van der Waals surface area (Å²) in [7, 11) is 0. The van der Waals surface area contributed by atoms with Gasteiger partial charge in [0, 0.05) is 0 Å². The van der Waals surface area contributed by atoms with Gasteiger partial charge in [0.05, 0.1) is 6.42 Å². The second-order valence-electron chi connectivity index (χ2n) is 1.41. The largest absolute Gasteiger partial charge is 0.575 e. The minimum atomic E-state index is -4.87. The van der Waals surface area contributed by atoms with Crippen LogP contribution in [0, 0.1) is 0 Å². The van der Waals surface area contributed by atoms with Crippen LogP contribution < -0.4 is 0 Å². The fraction of sp³-hybridized carbons (Fsp3) is 0.400. The molecule has 0 rings (SSSR count). The lowest BCUT2D eigenvalue weighted by Crippen LogP contribution is -2.18. The highest BCUT2D eigenvalue weighted by Crippen LogP contribution is 2.16. The van der Waals surface area contributed by atoms with Gasteiger partial charge in [0.2, 0.25) is 0 Å². The van der Waals surface area contributed by atoms with Gasteiger partial charge >= 0.3 is 12.3 Å². The zero-order valence-corrected chi connectivity index (χ0v) is 4.94. The molecular formula is C5H5F3O2. The molecule has 10 heavy (non-hydrogen) atoms. The first-order valence-corrected chi connectivity index (χ1v) is 2.35. The van der Waals surface area contributed by atoms with Gasteiger partial charge in [-0.1, -0.05) is 6.08 Å². The van der Waals surface area contributed by atoms with Gasteiger partial charge in [0.1, 0.15) is 0 Å². The summed E-state index contributed by atoms with van der Waals surface area (Å²) in [4.78, 5) is 10.0. The van der Waals surface area contributed by atoms with Crippen LogP contribution in [-0.4, -0.2) is 12.3 Å². The van der Waals surface area contributed by atoms with Crippen LogP contribution in [-0.2, 0) is 9.53 Å². The van der Waals surface area contributed by atoms with E-state index in [9.17, 15) is 18.0 Å². The lowest BCUT2D eigenvalue weighted by Gasteiger charge is -2.04. The number of rotatable bonds is 2. The maximum Gasteiger partial charge on any atom is 0.575 e. The number of carbonyl (C=O) groups is 1. The van der Waals surface area contributed by atoms with Crippen LogP contribution in [0.4, 0.5) is 13.2 Å². The van der Waals surface area contributed by atoms with Crippen LogP contribution in [0.1, 0.15) is 6.42 Å². The van der Waals surface area contributed by atoms with E-state index in [4.69, 9.17) is 0 Å². The predicted octanol–water partition coefficient (Wildman–Crippen LogP) is 1.63. The Labute approximate surface area is 55.3 Å². The Hall–Kier alpha value is -1.00. The van der Waals surface area contributed by atoms with Gasteiger partial charge < -0.3 is 4.74 Å². The maximum atomic E-state index is 11.2. The molecule has 5 heteroatoms. The number of hydrogen-bond donors (Lipinski definition) is 0. The van der Waals surface area contributed by atoms with E-state index in [1.165, 1.54) is 0 Å². The second kappa shape index (κ2) is 3.24. The average molecular weight is 154 g/mol. The number of halogens is 3. The first-order valence-electron chi connectivity index (χ1n) is 2.35. The molecule has 58 valence electrons. The van der Waals surface area contributed by atoms with Gasteiger partial charge in [-0.25, -0.2) is 0 Å². The van der Waals surface area contributed by atoms with Crippen molar-refractivity contribution in [2.75, 3.05) is 0 Å². The summed E-state index contributed by atoms with van der Waals surface area (Å²) in [5.41, 5.74) is 0. The number of esters is 1. The topological polar surface area (TPSA) is 26.3 Å². The zero-order valence-electron chi connectivity index (χ0n) is 4.94. The summed E-state index contributed by atoms with van der Waals surface area (Å²) in [5, 5.41) is 0. The van der Waals surface area contributed by atoms with Crippen LogP contribution in [0.15, 0.2) is 12.7 Å². The van der Waals surface area contributed by atoms with Gasteiger partial charge in [0.15, 0.2) is 0 Å². The van der Waals surface area contributed by atoms with Crippen molar-refractivity contribution in [1.29, 1.82) is 0 Å². The zero-order chi connectivity index (χ0) is 8.20. The van der Waals surface area contributed by atoms with Crippen molar-refractivity contribution in [3.8, 4) is 0 Å². The standard InChI is InChI=1S/C5H5F3O2/c1-2-3-4(9)10-5(6,7)8/h2H,1,3H2. The molecule has 0 bridgehead atoms. The van der Waals surface area contributed by atoms with Crippen LogP contribution in [0.5, 0.6) is 0 Å². The molecule has 0 spiro atoms. The molecule has 0 aliphatic rings. The fourth-order valence-electron chi connectivity index (χ4n) is 0.289. The molecule has 0 aliphatic heterocycles. The maximum absolute atomic E-state index is 11.2. The van der Waals surface area contributed by atoms with E-state index in [0.717, 1.165) is 6.08 Å². The number of alkyl halides is 3. The Morgan fingerprint density at radius 3 is 2.40 bits per heavy atom. The third-order valence-corrected chi connectivity index (χ3v) is 0.541. The Morgan fingerprint density at radius 2 is 2.10 bits per heavy atom. The molecule has 0 atom stereocenters. The van der Waals surface area contributed by atoms with Crippen LogP contribution in [0.25, 0.3) is 0 Å². The normalized spacial score (nSPS) is 10.7. The van der Waals surface area contributed by atoms with Crippen LogP contribution in [0.3, 0.4) is 0 Å². The van der Waals surface area contributed by atoms with Crippen molar-refractivity contribution >= 4 is 5.97 Å². The van der Waals surface area contributed by atoms with E-state index in [-0.39, 0.29) is 0 Å². The van der Waals surface area contributed by atoms with Crippen molar-refractivity contribution in [3.05, 3.63) is 12.7 Å². The molecule has 0 aromatic rings. The molecule has 0 aromatic carbocycles. The highest BCUT2D eigenvalue weighted by molar-refractivity contribution is 5.71. The molecule has 0 fully saturated rings. The van der Waals surface area contributed by atoms with Crippen molar-refractivity contribution < 1.29 is 22.7 Å². The van der Waals surface area contributed by atoms with Gasteiger partial charge in [-0.2, -0.15) is 0 Å². The molecule has 0 saturated carbocycles. The van der Waals surface area contributed by atoms with E-state index in [1.54, 1.807) is 0 Å². The van der Waals surface area contributed by atoms with Gasteiger partial charge in [-0.3, -0.25) is 4.79 Å². The Bertz CT molecular complexity index is 138. The van der Waals surface area contributed by atoms with E-state index >= 15 is 0 Å². The molecule has 0 unspecified atom stereocenters. The highest BCUT2D eigenvalue weighted by atomic mass is 19.4. The smallest absolute Gasteiger partial charge is 0.373 e. The Morgan fingerprint density at radius 1 is 1.60 bits per heavy atom. The quantitative estimate of drug-likeness (QED) is 0.446. The average Bonchev–Trinajstić information content (AvgIpc) is 1.59. The first-order chi connectivity index (χ1) is 4.45. The van der Waals surface area contributed by atoms with E-state index < -0.39 is 18.8 Å². The Balaban J connectivity index is 3.68. The molecular weight excluding hydrogens is 149 g/mol. The van der Waals surface area contributed by atoms with Crippen molar-refractivity contribution in [1.82, 2.24) is 0 Å². The monoisotopic (exact) mass is 154 g/mol. The third-order valence-electron chi connectivity index (χ3n) is 0.541. The molecule has 2 nitrogen and oxygen atoms in total. The Kier molecular flexibility index (Phi) is 2.92. The van der Waals surface area contributed by atoms with Crippen molar-refractivity contribution in [3.63, 3.8) is 0 Å². The molecule has 0 heterocycles. The van der Waals surface area contributed by atoms with E-state index in [0.29, 0.717) is 0 Å². The summed E-state index contributed by atoms with van der Waals surface area (Å²) in [6.45, 7) is 3.06. The summed E-state index contributed by atoms with van der Waals surface area (Å²) in [5.74, 6) is -1.34. The minimum absolute atomic E-state index is 0.431. The second-order valence-corrected chi connectivity index (χ2v) is 1.41. The van der Waals surface area contributed by atoms with Crippen LogP contribution in [0.2, 0.25) is 0 Å². The summed E-state index contributed by atoms with van der Waals surface area (Å²) in [6, 6.07) is 0. The number of ether oxygens (including phenoxy) is 1. The molecule has 0 amide bonds. The SMILES string of the molecule is C=CCC(=O)OC(F)(F)F. The lowest BCUT2D eigenvalue weighted by molar-refractivity contribution is -0.305. The number of hydrogen-bond acceptors (Lipinski definition) is 2. The highest BCUT2D eigenvalue weighted by Gasteiger charge is 2.33. The van der Waals surface area contributed by atoms with E-state index in [1.807, 2.05) is 0 Å².